The van der Waals surface area contributed by atoms with Crippen LogP contribution in [-0.4, -0.2) is 18.2 Å². The van der Waals surface area contributed by atoms with E-state index < -0.39 is 21.2 Å². The van der Waals surface area contributed by atoms with Crippen LogP contribution in [0.3, 0.4) is 0 Å². The van der Waals surface area contributed by atoms with Gasteiger partial charge in [0.25, 0.3) is 0 Å². The molecule has 0 radical (unpaired) electrons. The van der Waals surface area contributed by atoms with E-state index in [0.717, 1.165) is 12.3 Å². The fourth-order valence-electron chi connectivity index (χ4n) is 2.93. The molecule has 1 atom stereocenters. The van der Waals surface area contributed by atoms with E-state index in [0.29, 0.717) is 0 Å². The fourth-order valence-corrected chi connectivity index (χ4v) is 4.07. The number of aromatic nitrogens is 2. The summed E-state index contributed by atoms with van der Waals surface area (Å²) in [7, 11) is -4.11. The number of benzene rings is 1. The summed E-state index contributed by atoms with van der Waals surface area (Å²) in [5, 5.41) is 8.58. The van der Waals surface area contributed by atoms with Crippen molar-refractivity contribution in [1.29, 1.82) is 0 Å². The van der Waals surface area contributed by atoms with Gasteiger partial charge in [-0.2, -0.15) is 9.78 Å². The molecule has 1 heterocycles. The lowest BCUT2D eigenvalue weighted by atomic mass is 9.83. The molecule has 2 aromatic rings. The van der Waals surface area contributed by atoms with E-state index >= 15 is 0 Å². The molecule has 0 saturated carbocycles. The third-order valence-electron chi connectivity index (χ3n) is 4.00. The molecule has 0 aliphatic heterocycles. The Kier molecular flexibility index (Phi) is 4.50. The molecular weight excluding hydrogens is 391 g/mol. The molecule has 1 aliphatic carbocycles. The van der Waals surface area contributed by atoms with Crippen LogP contribution in [0.1, 0.15) is 17.7 Å². The van der Waals surface area contributed by atoms with Crippen molar-refractivity contribution in [2.45, 2.75) is 22.5 Å². The fraction of sp³-hybridized carbons (Fsp3) is 0.188. The van der Waals surface area contributed by atoms with Crippen LogP contribution in [0.25, 0.3) is 5.57 Å². The average molecular weight is 404 g/mol. The first-order valence-corrected chi connectivity index (χ1v) is 9.28. The summed E-state index contributed by atoms with van der Waals surface area (Å²) in [4.78, 5) is -1.88. The second-order valence-corrected chi connectivity index (χ2v) is 7.83. The predicted octanol–water partition coefficient (Wildman–Crippen LogP) is 3.48. The van der Waals surface area contributed by atoms with Crippen molar-refractivity contribution in [2.24, 2.45) is 5.14 Å². The van der Waals surface area contributed by atoms with Gasteiger partial charge in [0.1, 0.15) is 4.87 Å². The Morgan fingerprint density at radius 1 is 1.23 bits per heavy atom. The molecular formula is C16H13ClF3N3O2S. The molecule has 1 unspecified atom stereocenters. The zero-order valence-electron chi connectivity index (χ0n) is 13.1. The number of sulfonamides is 1. The van der Waals surface area contributed by atoms with Crippen molar-refractivity contribution in [3.8, 4) is 0 Å². The molecule has 0 amide bonds. The van der Waals surface area contributed by atoms with Crippen molar-refractivity contribution in [3.05, 3.63) is 66.0 Å². The first-order chi connectivity index (χ1) is 12.0. The molecule has 1 aromatic heterocycles. The zero-order chi connectivity index (χ0) is 19.2. The number of alkyl halides is 4. The van der Waals surface area contributed by atoms with Crippen molar-refractivity contribution in [3.63, 3.8) is 0 Å². The molecule has 0 saturated heterocycles. The Morgan fingerprint density at radius 3 is 2.58 bits per heavy atom. The number of hydrogen-bond acceptors (Lipinski definition) is 3. The lowest BCUT2D eigenvalue weighted by Crippen LogP contribution is -2.31. The van der Waals surface area contributed by atoms with Crippen LogP contribution in [0.4, 0.5) is 13.2 Å². The summed E-state index contributed by atoms with van der Waals surface area (Å²) in [5.74, 6) is 0. The minimum atomic E-state index is -4.77. The zero-order valence-corrected chi connectivity index (χ0v) is 14.7. The van der Waals surface area contributed by atoms with E-state index in [-0.39, 0.29) is 32.8 Å². The highest BCUT2D eigenvalue weighted by Crippen LogP contribution is 2.49. The summed E-state index contributed by atoms with van der Waals surface area (Å²) in [6.45, 7) is 0. The van der Waals surface area contributed by atoms with Gasteiger partial charge in [-0.25, -0.2) is 13.6 Å². The lowest BCUT2D eigenvalue weighted by Gasteiger charge is -2.32. The molecule has 0 bridgehead atoms. The number of hydrogen-bond donors (Lipinski definition) is 1. The van der Waals surface area contributed by atoms with Crippen LogP contribution in [0.2, 0.25) is 0 Å². The van der Waals surface area contributed by atoms with E-state index in [1.807, 2.05) is 0 Å². The third kappa shape index (κ3) is 3.17. The lowest BCUT2D eigenvalue weighted by molar-refractivity contribution is -0.214. The molecule has 0 fully saturated rings. The number of nitrogens with zero attached hydrogens (tertiary/aromatic N) is 2. The van der Waals surface area contributed by atoms with Gasteiger partial charge in [0, 0.05) is 6.20 Å². The van der Waals surface area contributed by atoms with Crippen LogP contribution in [0.15, 0.2) is 59.7 Å². The monoisotopic (exact) mass is 403 g/mol. The smallest absolute Gasteiger partial charge is 0.225 e. The maximum atomic E-state index is 13.3. The SMILES string of the molecule is NS(=O)(=O)c1ccccc1C1=CC=CCC1(Cl)c1ccnn1C(F)(F)F. The molecule has 138 valence electrons. The predicted molar refractivity (Wildman–Crippen MR) is 90.6 cm³/mol. The molecule has 1 aliphatic rings. The van der Waals surface area contributed by atoms with Crippen molar-refractivity contribution in [1.82, 2.24) is 9.78 Å². The summed E-state index contributed by atoms with van der Waals surface area (Å²) in [6.07, 6.45) is 0.921. The Hall–Kier alpha value is -2.10. The van der Waals surface area contributed by atoms with E-state index in [2.05, 4.69) is 5.10 Å². The molecule has 26 heavy (non-hydrogen) atoms. The first kappa shape index (κ1) is 18.7. The summed E-state index contributed by atoms with van der Waals surface area (Å²) in [5.41, 5.74) is 0.0213. The number of halogens is 4. The molecule has 3 rings (SSSR count). The highest BCUT2D eigenvalue weighted by molar-refractivity contribution is 7.89. The van der Waals surface area contributed by atoms with Gasteiger partial charge >= 0.3 is 6.30 Å². The first-order valence-electron chi connectivity index (χ1n) is 7.35. The van der Waals surface area contributed by atoms with Gasteiger partial charge in [-0.05, 0) is 29.7 Å². The Morgan fingerprint density at radius 2 is 1.92 bits per heavy atom. The highest BCUT2D eigenvalue weighted by atomic mass is 35.5. The molecule has 10 heteroatoms. The van der Waals surface area contributed by atoms with Gasteiger partial charge in [0.05, 0.1) is 10.6 Å². The third-order valence-corrected chi connectivity index (χ3v) is 5.52. The van der Waals surface area contributed by atoms with Crippen LogP contribution >= 0.6 is 11.6 Å². The van der Waals surface area contributed by atoms with Gasteiger partial charge < -0.3 is 0 Å². The van der Waals surface area contributed by atoms with Gasteiger partial charge in [-0.3, -0.25) is 0 Å². The summed E-state index contributed by atoms with van der Waals surface area (Å²) >= 11 is 6.66. The van der Waals surface area contributed by atoms with Crippen molar-refractivity contribution >= 4 is 27.2 Å². The second-order valence-electron chi connectivity index (χ2n) is 5.65. The number of rotatable bonds is 3. The maximum absolute atomic E-state index is 13.3. The second kappa shape index (κ2) is 6.26. The number of primary sulfonamides is 1. The summed E-state index contributed by atoms with van der Waals surface area (Å²) < 4.78 is 63.6. The average Bonchev–Trinajstić information content (AvgIpc) is 3.05. The molecule has 1 aromatic carbocycles. The Balaban J connectivity index is 2.25. The standard InChI is InChI=1S/C16H13ClF3N3O2S/c17-15(14-8-10-22-23(14)16(18,19)20)9-4-3-6-12(15)11-5-1-2-7-13(11)26(21,24)25/h1-8,10H,9H2,(H2,21,24,25). The molecule has 0 spiro atoms. The van der Waals surface area contributed by atoms with E-state index in [1.54, 1.807) is 18.2 Å². The van der Waals surface area contributed by atoms with Crippen LogP contribution in [0.5, 0.6) is 0 Å². The topological polar surface area (TPSA) is 78.0 Å². The van der Waals surface area contributed by atoms with Gasteiger partial charge in [0.2, 0.25) is 10.0 Å². The van der Waals surface area contributed by atoms with Crippen molar-refractivity contribution in [2.75, 3.05) is 0 Å². The van der Waals surface area contributed by atoms with Crippen LogP contribution < -0.4 is 5.14 Å². The van der Waals surface area contributed by atoms with E-state index in [1.165, 1.54) is 24.3 Å². The number of allylic oxidation sites excluding steroid dienone is 4. The minimum Gasteiger partial charge on any atom is -0.225 e. The largest absolute Gasteiger partial charge is 0.504 e. The molecule has 5 nitrogen and oxygen atoms in total. The van der Waals surface area contributed by atoms with Gasteiger partial charge in [0.15, 0.2) is 0 Å². The summed E-state index contributed by atoms with van der Waals surface area (Å²) in [6, 6.07) is 6.92. The Labute approximate surface area is 152 Å². The molecule has 2 N–H and O–H groups in total. The van der Waals surface area contributed by atoms with Crippen LogP contribution in [-0.2, 0) is 21.2 Å². The quantitative estimate of drug-likeness (QED) is 0.797. The minimum absolute atomic E-state index is 0.0150. The van der Waals surface area contributed by atoms with E-state index in [4.69, 9.17) is 16.7 Å². The van der Waals surface area contributed by atoms with Gasteiger partial charge in [-0.1, -0.05) is 36.4 Å². The maximum Gasteiger partial charge on any atom is 0.504 e. The highest BCUT2D eigenvalue weighted by Gasteiger charge is 2.44. The normalized spacial score (nSPS) is 20.9. The number of nitrogens with two attached hydrogens (primary N) is 1. The van der Waals surface area contributed by atoms with E-state index in [9.17, 15) is 21.6 Å². The van der Waals surface area contributed by atoms with Crippen LogP contribution in [0, 0.1) is 0 Å². The van der Waals surface area contributed by atoms with Gasteiger partial charge in [-0.15, -0.1) is 24.8 Å². The van der Waals surface area contributed by atoms with Crippen molar-refractivity contribution < 1.29 is 21.6 Å². The Bertz CT molecular complexity index is 1010.